The molecule has 2 aromatic rings. The molecular weight excluding hydrogens is 349 g/mol. The fraction of sp³-hybridized carbons (Fsp3) is 0.300. The average molecular weight is 371 g/mol. The van der Waals surface area contributed by atoms with E-state index in [1.807, 2.05) is 23.1 Å². The second-order valence-electron chi connectivity index (χ2n) is 6.48. The van der Waals surface area contributed by atoms with Gasteiger partial charge >= 0.3 is 0 Å². The number of anilines is 1. The lowest BCUT2D eigenvalue weighted by atomic mass is 10.1. The first-order valence-electron chi connectivity index (χ1n) is 8.82. The molecule has 1 heterocycles. The number of nitrogens with two attached hydrogens (primary N) is 1. The predicted molar refractivity (Wildman–Crippen MR) is 99.6 cm³/mol. The Morgan fingerprint density at radius 2 is 2.04 bits per heavy atom. The van der Waals surface area contributed by atoms with Crippen molar-refractivity contribution in [3.05, 3.63) is 59.9 Å². The number of nitrogens with zero attached hydrogens (tertiary/aromatic N) is 1. The molecule has 1 atom stereocenters. The summed E-state index contributed by atoms with van der Waals surface area (Å²) in [4.78, 5) is 25.8. The molecule has 0 spiro atoms. The Labute approximate surface area is 157 Å². The molecule has 0 saturated carbocycles. The Morgan fingerprint density at radius 3 is 2.81 bits per heavy atom. The summed E-state index contributed by atoms with van der Waals surface area (Å²) < 4.78 is 18.5. The molecule has 3 N–H and O–H groups in total. The molecule has 0 aliphatic carbocycles. The maximum absolute atomic E-state index is 13.2. The number of likely N-dealkylation sites (tertiary alicyclic amines) is 1. The maximum Gasteiger partial charge on any atom is 0.262 e. The molecule has 142 valence electrons. The topological polar surface area (TPSA) is 84.7 Å². The Hall–Kier alpha value is -2.93. The maximum atomic E-state index is 13.2. The molecule has 1 saturated heterocycles. The number of halogens is 1. The molecule has 1 fully saturated rings. The highest BCUT2D eigenvalue weighted by Crippen LogP contribution is 2.23. The van der Waals surface area contributed by atoms with Gasteiger partial charge < -0.3 is 15.8 Å². The summed E-state index contributed by atoms with van der Waals surface area (Å²) >= 11 is 0. The first kappa shape index (κ1) is 18.8. The number of primary amides is 1. The third-order valence-corrected chi connectivity index (χ3v) is 4.52. The summed E-state index contributed by atoms with van der Waals surface area (Å²) in [6.45, 7) is 1.08. The van der Waals surface area contributed by atoms with Crippen LogP contribution in [-0.4, -0.2) is 35.9 Å². The van der Waals surface area contributed by atoms with E-state index in [0.29, 0.717) is 18.0 Å². The van der Waals surface area contributed by atoms with Crippen LogP contribution in [0.1, 0.15) is 18.4 Å². The van der Waals surface area contributed by atoms with E-state index in [9.17, 15) is 14.0 Å². The first-order chi connectivity index (χ1) is 13.0. The summed E-state index contributed by atoms with van der Waals surface area (Å²) in [5.41, 5.74) is 7.02. The van der Waals surface area contributed by atoms with E-state index in [1.54, 1.807) is 12.1 Å². The van der Waals surface area contributed by atoms with E-state index < -0.39 is 5.82 Å². The third kappa shape index (κ3) is 5.04. The number of ether oxygens (including phenoxy) is 1. The number of hydrogen-bond acceptors (Lipinski definition) is 4. The second kappa shape index (κ2) is 8.64. The Balaban J connectivity index is 1.61. The number of carbonyl (C=O) groups is 2. The molecule has 1 aliphatic heterocycles. The Kier molecular flexibility index (Phi) is 6.03. The van der Waals surface area contributed by atoms with Crippen molar-refractivity contribution in [1.29, 1.82) is 0 Å². The highest BCUT2D eigenvalue weighted by molar-refractivity contribution is 5.92. The molecule has 3 rings (SSSR count). The zero-order chi connectivity index (χ0) is 19.2. The van der Waals surface area contributed by atoms with Crippen molar-refractivity contribution in [2.24, 2.45) is 5.73 Å². The van der Waals surface area contributed by atoms with Crippen LogP contribution in [-0.2, 0) is 16.1 Å². The van der Waals surface area contributed by atoms with Crippen molar-refractivity contribution < 1.29 is 18.7 Å². The van der Waals surface area contributed by atoms with Crippen LogP contribution in [0.2, 0.25) is 0 Å². The fourth-order valence-corrected chi connectivity index (χ4v) is 3.23. The van der Waals surface area contributed by atoms with E-state index in [2.05, 4.69) is 5.32 Å². The standard InChI is InChI=1S/C20H22FN3O3/c21-15-6-3-7-16(11-15)27-13-19(25)23-17-8-2-1-5-14(17)12-24-10-4-9-18(24)20(22)26/h1-3,5-8,11,18H,4,9-10,12-13H2,(H2,22,26)(H,23,25)/t18-/m0/s1. The van der Waals surface area contributed by atoms with Crippen molar-refractivity contribution in [3.63, 3.8) is 0 Å². The van der Waals surface area contributed by atoms with Crippen LogP contribution in [0.5, 0.6) is 5.75 Å². The molecule has 7 heteroatoms. The second-order valence-corrected chi connectivity index (χ2v) is 6.48. The molecule has 0 radical (unpaired) electrons. The third-order valence-electron chi connectivity index (χ3n) is 4.52. The van der Waals surface area contributed by atoms with Gasteiger partial charge in [-0.3, -0.25) is 14.5 Å². The lowest BCUT2D eigenvalue weighted by Gasteiger charge is -2.23. The number of benzene rings is 2. The van der Waals surface area contributed by atoms with Crippen molar-refractivity contribution in [2.45, 2.75) is 25.4 Å². The molecule has 6 nitrogen and oxygen atoms in total. The van der Waals surface area contributed by atoms with Gasteiger partial charge in [0.1, 0.15) is 11.6 Å². The van der Waals surface area contributed by atoms with Gasteiger partial charge in [-0.1, -0.05) is 24.3 Å². The lowest BCUT2D eigenvalue weighted by Crippen LogP contribution is -2.39. The average Bonchev–Trinajstić information content (AvgIpc) is 3.10. The molecular formula is C20H22FN3O3. The summed E-state index contributed by atoms with van der Waals surface area (Å²) in [5.74, 6) is -0.801. The van der Waals surface area contributed by atoms with Gasteiger partial charge in [0.15, 0.2) is 6.61 Å². The quantitative estimate of drug-likeness (QED) is 0.782. The Morgan fingerprint density at radius 1 is 1.22 bits per heavy atom. The minimum absolute atomic E-state index is 0.231. The van der Waals surface area contributed by atoms with Crippen LogP contribution >= 0.6 is 0 Å². The van der Waals surface area contributed by atoms with Crippen LogP contribution in [0.3, 0.4) is 0 Å². The highest BCUT2D eigenvalue weighted by Gasteiger charge is 2.29. The van der Waals surface area contributed by atoms with Gasteiger partial charge in [-0.2, -0.15) is 0 Å². The molecule has 2 amide bonds. The number of carbonyl (C=O) groups excluding carboxylic acids is 2. The van der Waals surface area contributed by atoms with Crippen molar-refractivity contribution >= 4 is 17.5 Å². The summed E-state index contributed by atoms with van der Waals surface area (Å²) in [6, 6.07) is 12.8. The number of rotatable bonds is 7. The SMILES string of the molecule is NC(=O)[C@@H]1CCCN1Cc1ccccc1NC(=O)COc1cccc(F)c1. The molecule has 2 aromatic carbocycles. The monoisotopic (exact) mass is 371 g/mol. The summed E-state index contributed by atoms with van der Waals surface area (Å²) in [7, 11) is 0. The number of hydrogen-bond donors (Lipinski definition) is 2. The van der Waals surface area contributed by atoms with E-state index in [1.165, 1.54) is 18.2 Å². The number of amides is 2. The highest BCUT2D eigenvalue weighted by atomic mass is 19.1. The minimum Gasteiger partial charge on any atom is -0.484 e. The van der Waals surface area contributed by atoms with Gasteiger partial charge in [0.2, 0.25) is 5.91 Å². The van der Waals surface area contributed by atoms with E-state index in [-0.39, 0.29) is 24.5 Å². The van der Waals surface area contributed by atoms with E-state index >= 15 is 0 Å². The number of para-hydroxylation sites is 1. The van der Waals surface area contributed by atoms with Gasteiger partial charge in [0.05, 0.1) is 6.04 Å². The Bertz CT molecular complexity index is 828. The van der Waals surface area contributed by atoms with Crippen molar-refractivity contribution in [1.82, 2.24) is 4.90 Å². The summed E-state index contributed by atoms with van der Waals surface area (Å²) in [5, 5.41) is 2.81. The molecule has 1 aliphatic rings. The van der Waals surface area contributed by atoms with Gasteiger partial charge in [0, 0.05) is 18.3 Å². The van der Waals surface area contributed by atoms with Crippen molar-refractivity contribution in [3.8, 4) is 5.75 Å². The van der Waals surface area contributed by atoms with Gasteiger partial charge in [-0.15, -0.1) is 0 Å². The van der Waals surface area contributed by atoms with Crippen LogP contribution in [0.25, 0.3) is 0 Å². The van der Waals surface area contributed by atoms with Crippen LogP contribution in [0, 0.1) is 5.82 Å². The van der Waals surface area contributed by atoms with E-state index in [4.69, 9.17) is 10.5 Å². The van der Waals surface area contributed by atoms with Crippen LogP contribution in [0.15, 0.2) is 48.5 Å². The predicted octanol–water partition coefficient (Wildman–Crippen LogP) is 2.29. The van der Waals surface area contributed by atoms with Crippen LogP contribution < -0.4 is 15.8 Å². The molecule has 0 unspecified atom stereocenters. The lowest BCUT2D eigenvalue weighted by molar-refractivity contribution is -0.122. The van der Waals surface area contributed by atoms with Gasteiger partial charge in [0.25, 0.3) is 5.91 Å². The first-order valence-corrected chi connectivity index (χ1v) is 8.82. The normalized spacial score (nSPS) is 16.9. The molecule has 27 heavy (non-hydrogen) atoms. The van der Waals surface area contributed by atoms with Crippen LogP contribution in [0.4, 0.5) is 10.1 Å². The summed E-state index contributed by atoms with van der Waals surface area (Å²) in [6.07, 6.45) is 1.68. The number of nitrogens with one attached hydrogen (secondary N) is 1. The molecule has 0 bridgehead atoms. The fourth-order valence-electron chi connectivity index (χ4n) is 3.23. The largest absolute Gasteiger partial charge is 0.484 e. The molecule has 0 aromatic heterocycles. The van der Waals surface area contributed by atoms with Crippen molar-refractivity contribution in [2.75, 3.05) is 18.5 Å². The van der Waals surface area contributed by atoms with E-state index in [0.717, 1.165) is 24.9 Å². The van der Waals surface area contributed by atoms with Gasteiger partial charge in [-0.25, -0.2) is 4.39 Å². The smallest absolute Gasteiger partial charge is 0.262 e. The zero-order valence-corrected chi connectivity index (χ0v) is 14.9. The minimum atomic E-state index is -0.423. The van der Waals surface area contributed by atoms with Gasteiger partial charge in [-0.05, 0) is 43.1 Å². The zero-order valence-electron chi connectivity index (χ0n) is 14.9.